The van der Waals surface area contributed by atoms with Crippen LogP contribution in [0.1, 0.15) is 34.7 Å². The van der Waals surface area contributed by atoms with Gasteiger partial charge < -0.3 is 5.32 Å². The molecule has 26 heavy (non-hydrogen) atoms. The number of rotatable bonds is 4. The molecule has 7 heteroatoms. The number of benzene rings is 1. The number of pyridine rings is 1. The molecule has 1 aliphatic rings. The van der Waals surface area contributed by atoms with Crippen LogP contribution in [0, 0.1) is 0 Å². The van der Waals surface area contributed by atoms with Crippen molar-refractivity contribution in [1.82, 2.24) is 24.8 Å². The second kappa shape index (κ2) is 6.11. The Morgan fingerprint density at radius 1 is 1.15 bits per heavy atom. The highest BCUT2D eigenvalue weighted by molar-refractivity contribution is 6.10. The maximum Gasteiger partial charge on any atom is 0.259 e. The number of hydrogen-bond donors (Lipinski definition) is 1. The molecule has 2 amide bonds. The molecular formula is C19H17N5O2. The molecule has 3 heterocycles. The molecule has 0 fully saturated rings. The van der Waals surface area contributed by atoms with E-state index < -0.39 is 0 Å². The maximum absolute atomic E-state index is 12.5. The predicted molar refractivity (Wildman–Crippen MR) is 96.1 cm³/mol. The van der Waals surface area contributed by atoms with E-state index in [4.69, 9.17) is 0 Å². The van der Waals surface area contributed by atoms with Crippen molar-refractivity contribution in [2.75, 3.05) is 6.54 Å². The van der Waals surface area contributed by atoms with E-state index in [0.29, 0.717) is 22.7 Å². The quantitative estimate of drug-likeness (QED) is 0.783. The second-order valence-electron chi connectivity index (χ2n) is 6.16. The molecule has 0 radical (unpaired) electrons. The third-order valence-electron chi connectivity index (χ3n) is 4.45. The molecule has 130 valence electrons. The molecule has 1 atom stereocenters. The van der Waals surface area contributed by atoms with Gasteiger partial charge in [0.25, 0.3) is 5.91 Å². The van der Waals surface area contributed by atoms with E-state index in [1.165, 1.54) is 4.90 Å². The first kappa shape index (κ1) is 16.0. The molecule has 1 aliphatic heterocycles. The summed E-state index contributed by atoms with van der Waals surface area (Å²) in [6.07, 6.45) is 1.84. The Morgan fingerprint density at radius 3 is 2.65 bits per heavy atom. The number of carbonyl (C=O) groups excluding carboxylic acids is 2. The zero-order chi connectivity index (χ0) is 18.3. The van der Waals surface area contributed by atoms with Gasteiger partial charge in [0, 0.05) is 23.0 Å². The van der Waals surface area contributed by atoms with Crippen LogP contribution in [0.3, 0.4) is 0 Å². The minimum Gasteiger partial charge on any atom is -0.345 e. The zero-order valence-corrected chi connectivity index (χ0v) is 14.2. The van der Waals surface area contributed by atoms with Crippen LogP contribution in [0.5, 0.6) is 0 Å². The largest absolute Gasteiger partial charge is 0.345 e. The lowest BCUT2D eigenvalue weighted by atomic mass is 10.1. The molecule has 7 nitrogen and oxygen atoms in total. The average molecular weight is 347 g/mol. The molecule has 0 spiro atoms. The van der Waals surface area contributed by atoms with Crippen LogP contribution in [0.2, 0.25) is 0 Å². The SMILES string of the molecule is C=C1c2ccccc2C(=O)N1CC(=O)N[C@H](C)c1nnc2ccccn12. The molecule has 0 bridgehead atoms. The Hall–Kier alpha value is -3.48. The van der Waals surface area contributed by atoms with Crippen molar-refractivity contribution in [3.63, 3.8) is 0 Å². The molecule has 2 aromatic heterocycles. The molecule has 0 aliphatic carbocycles. The van der Waals surface area contributed by atoms with Crippen molar-refractivity contribution in [3.8, 4) is 0 Å². The Balaban J connectivity index is 1.48. The summed E-state index contributed by atoms with van der Waals surface area (Å²) < 4.78 is 1.82. The maximum atomic E-state index is 12.5. The third kappa shape index (κ3) is 2.54. The lowest BCUT2D eigenvalue weighted by molar-refractivity contribution is -0.121. The average Bonchev–Trinajstić information content (AvgIpc) is 3.18. The summed E-state index contributed by atoms with van der Waals surface area (Å²) in [6, 6.07) is 12.5. The Morgan fingerprint density at radius 2 is 1.88 bits per heavy atom. The van der Waals surface area contributed by atoms with Crippen LogP contribution in [0.15, 0.2) is 55.2 Å². The van der Waals surface area contributed by atoms with Gasteiger partial charge in [0.15, 0.2) is 11.5 Å². The van der Waals surface area contributed by atoms with Gasteiger partial charge in [0.2, 0.25) is 5.91 Å². The fourth-order valence-corrected chi connectivity index (χ4v) is 3.15. The minimum atomic E-state index is -0.353. The van der Waals surface area contributed by atoms with Gasteiger partial charge >= 0.3 is 0 Å². The highest BCUT2D eigenvalue weighted by atomic mass is 16.2. The standard InChI is InChI=1S/C19H17N5O2/c1-12(18-22-21-16-9-5-6-10-23(16)18)20-17(25)11-24-13(2)14-7-3-4-8-15(14)19(24)26/h3-10,12H,2,11H2,1H3,(H,20,25)/t12-/m1/s1. The number of amides is 2. The molecule has 0 unspecified atom stereocenters. The summed E-state index contributed by atoms with van der Waals surface area (Å²) >= 11 is 0. The monoisotopic (exact) mass is 347 g/mol. The first-order valence-electron chi connectivity index (χ1n) is 8.25. The molecule has 0 saturated heterocycles. The van der Waals surface area contributed by atoms with E-state index in [1.807, 2.05) is 47.9 Å². The van der Waals surface area contributed by atoms with Crippen molar-refractivity contribution in [2.24, 2.45) is 0 Å². The van der Waals surface area contributed by atoms with Crippen molar-refractivity contribution >= 4 is 23.2 Å². The fraction of sp³-hybridized carbons (Fsp3) is 0.158. The summed E-state index contributed by atoms with van der Waals surface area (Å²) in [5.41, 5.74) is 2.59. The van der Waals surface area contributed by atoms with Crippen LogP contribution in [0.4, 0.5) is 0 Å². The van der Waals surface area contributed by atoms with E-state index >= 15 is 0 Å². The summed E-state index contributed by atoms with van der Waals surface area (Å²) in [7, 11) is 0. The van der Waals surface area contributed by atoms with Crippen molar-refractivity contribution in [3.05, 3.63) is 72.2 Å². The lowest BCUT2D eigenvalue weighted by Gasteiger charge is -2.19. The first-order valence-corrected chi connectivity index (χ1v) is 8.25. The molecule has 3 aromatic rings. The van der Waals surface area contributed by atoms with Gasteiger partial charge in [-0.3, -0.25) is 18.9 Å². The number of fused-ring (bicyclic) bond motifs is 2. The molecule has 1 aromatic carbocycles. The van der Waals surface area contributed by atoms with Crippen LogP contribution in [-0.4, -0.2) is 37.9 Å². The van der Waals surface area contributed by atoms with Gasteiger partial charge in [0.1, 0.15) is 6.54 Å². The van der Waals surface area contributed by atoms with Crippen LogP contribution < -0.4 is 5.32 Å². The number of carbonyl (C=O) groups is 2. The summed E-state index contributed by atoms with van der Waals surface area (Å²) in [4.78, 5) is 26.4. The van der Waals surface area contributed by atoms with E-state index in [0.717, 1.165) is 5.56 Å². The number of nitrogens with zero attached hydrogens (tertiary/aromatic N) is 4. The van der Waals surface area contributed by atoms with Crippen LogP contribution >= 0.6 is 0 Å². The molecule has 1 N–H and O–H groups in total. The number of hydrogen-bond acceptors (Lipinski definition) is 4. The highest BCUT2D eigenvalue weighted by Gasteiger charge is 2.32. The Bertz CT molecular complexity index is 1000. The molecular weight excluding hydrogens is 330 g/mol. The van der Waals surface area contributed by atoms with E-state index in [9.17, 15) is 9.59 Å². The molecule has 4 rings (SSSR count). The van der Waals surface area contributed by atoms with Gasteiger partial charge in [-0.15, -0.1) is 10.2 Å². The van der Waals surface area contributed by atoms with Gasteiger partial charge in [0.05, 0.1) is 6.04 Å². The topological polar surface area (TPSA) is 79.6 Å². The Labute approximate surface area is 150 Å². The van der Waals surface area contributed by atoms with Gasteiger partial charge in [-0.05, 0) is 25.1 Å². The molecule has 0 saturated carbocycles. The highest BCUT2D eigenvalue weighted by Crippen LogP contribution is 2.30. The predicted octanol–water partition coefficient (Wildman–Crippen LogP) is 2.03. The normalized spacial score (nSPS) is 14.6. The smallest absolute Gasteiger partial charge is 0.259 e. The third-order valence-corrected chi connectivity index (χ3v) is 4.45. The number of aromatic nitrogens is 3. The number of nitrogens with one attached hydrogen (secondary N) is 1. The zero-order valence-electron chi connectivity index (χ0n) is 14.2. The van der Waals surface area contributed by atoms with Gasteiger partial charge in [-0.1, -0.05) is 30.8 Å². The summed E-state index contributed by atoms with van der Waals surface area (Å²) in [5.74, 6) is 0.137. The van der Waals surface area contributed by atoms with Crippen LogP contribution in [0.25, 0.3) is 11.3 Å². The van der Waals surface area contributed by atoms with Gasteiger partial charge in [-0.25, -0.2) is 0 Å². The van der Waals surface area contributed by atoms with Gasteiger partial charge in [-0.2, -0.15) is 0 Å². The van der Waals surface area contributed by atoms with E-state index in [1.54, 1.807) is 12.1 Å². The lowest BCUT2D eigenvalue weighted by Crippen LogP contribution is -2.38. The van der Waals surface area contributed by atoms with E-state index in [-0.39, 0.29) is 24.4 Å². The van der Waals surface area contributed by atoms with E-state index in [2.05, 4.69) is 22.1 Å². The van der Waals surface area contributed by atoms with Crippen LogP contribution in [-0.2, 0) is 4.79 Å². The minimum absolute atomic E-state index is 0.0899. The first-order chi connectivity index (χ1) is 12.6. The summed E-state index contributed by atoms with van der Waals surface area (Å²) in [6.45, 7) is 5.69. The van der Waals surface area contributed by atoms with Crippen molar-refractivity contribution in [1.29, 1.82) is 0 Å². The fourth-order valence-electron chi connectivity index (χ4n) is 3.15. The Kier molecular flexibility index (Phi) is 3.76. The van der Waals surface area contributed by atoms with Crippen molar-refractivity contribution in [2.45, 2.75) is 13.0 Å². The second-order valence-corrected chi connectivity index (χ2v) is 6.16. The summed E-state index contributed by atoms with van der Waals surface area (Å²) in [5, 5.41) is 11.1. The van der Waals surface area contributed by atoms with Crippen molar-refractivity contribution < 1.29 is 9.59 Å².